The largest absolute Gasteiger partial charge is 0.494 e. The van der Waals surface area contributed by atoms with E-state index in [2.05, 4.69) is 10.3 Å². The molecule has 3 rings (SSSR count). The number of nitrogens with zero attached hydrogens (tertiary/aromatic N) is 3. The van der Waals surface area contributed by atoms with E-state index in [1.165, 1.54) is 18.2 Å². The average molecular weight is 428 g/mol. The molecule has 0 aliphatic carbocycles. The van der Waals surface area contributed by atoms with Crippen LogP contribution in [0.15, 0.2) is 67.3 Å². The molecule has 31 heavy (non-hydrogen) atoms. The Morgan fingerprint density at radius 3 is 2.81 bits per heavy atom. The molecule has 8 heteroatoms. The first-order valence-corrected chi connectivity index (χ1v) is 10.2. The minimum absolute atomic E-state index is 0.133. The van der Waals surface area contributed by atoms with Crippen LogP contribution in [0.2, 0.25) is 0 Å². The van der Waals surface area contributed by atoms with Crippen LogP contribution in [0.5, 0.6) is 5.75 Å². The summed E-state index contributed by atoms with van der Waals surface area (Å²) in [5.41, 5.74) is 1.08. The van der Waals surface area contributed by atoms with Gasteiger partial charge in [0.15, 0.2) is 0 Å². The lowest BCUT2D eigenvalue weighted by atomic mass is 10.2. The van der Waals surface area contributed by atoms with Crippen molar-refractivity contribution in [2.75, 3.05) is 18.5 Å². The number of carbonyl (C=O) groups excluding carboxylic acids is 1. The number of hydrogen-bond acceptors (Lipinski definition) is 3. The maximum absolute atomic E-state index is 13.0. The lowest BCUT2D eigenvalue weighted by Crippen LogP contribution is -2.35. The standard InChI is InChI=1S/C23H26F2N4O2/c1-2-31-21-10-4-3-7-19(21)16-29(13-6-12-28-14-11-26-17-28)23(30)27-20-9-5-8-18(15-20)22(24)25/h3-5,7-11,14-15,17,22H,2,6,12-13,16H2,1H3,(H,27,30). The quantitative estimate of drug-likeness (QED) is 0.474. The molecule has 1 heterocycles. The van der Waals surface area contributed by atoms with Gasteiger partial charge in [-0.25, -0.2) is 18.6 Å². The molecule has 1 aromatic heterocycles. The number of benzene rings is 2. The van der Waals surface area contributed by atoms with E-state index in [0.717, 1.165) is 11.3 Å². The molecule has 0 aliphatic heterocycles. The van der Waals surface area contributed by atoms with Crippen LogP contribution < -0.4 is 10.1 Å². The van der Waals surface area contributed by atoms with Gasteiger partial charge in [-0.2, -0.15) is 0 Å². The molecule has 3 aromatic rings. The van der Waals surface area contributed by atoms with Gasteiger partial charge in [0.05, 0.1) is 19.5 Å². The highest BCUT2D eigenvalue weighted by Crippen LogP contribution is 2.23. The molecule has 0 unspecified atom stereocenters. The van der Waals surface area contributed by atoms with E-state index in [1.54, 1.807) is 23.5 Å². The van der Waals surface area contributed by atoms with Crippen molar-refractivity contribution < 1.29 is 18.3 Å². The van der Waals surface area contributed by atoms with E-state index in [-0.39, 0.29) is 11.6 Å². The summed E-state index contributed by atoms with van der Waals surface area (Å²) in [6, 6.07) is 12.9. The number of alkyl halides is 2. The number of halogens is 2. The molecule has 6 nitrogen and oxygen atoms in total. The first-order valence-electron chi connectivity index (χ1n) is 10.2. The van der Waals surface area contributed by atoms with Gasteiger partial charge in [0.25, 0.3) is 6.43 Å². The monoisotopic (exact) mass is 428 g/mol. The average Bonchev–Trinajstić information content (AvgIpc) is 3.28. The van der Waals surface area contributed by atoms with Crippen LogP contribution in [0.4, 0.5) is 19.3 Å². The summed E-state index contributed by atoms with van der Waals surface area (Å²) in [5.74, 6) is 0.720. The van der Waals surface area contributed by atoms with Crippen molar-refractivity contribution in [2.45, 2.75) is 32.9 Å². The summed E-state index contributed by atoms with van der Waals surface area (Å²) in [4.78, 5) is 18.7. The van der Waals surface area contributed by atoms with E-state index < -0.39 is 6.43 Å². The molecule has 164 valence electrons. The van der Waals surface area contributed by atoms with E-state index in [0.29, 0.717) is 38.3 Å². The van der Waals surface area contributed by atoms with Gasteiger partial charge < -0.3 is 19.5 Å². The Balaban J connectivity index is 1.74. The van der Waals surface area contributed by atoms with Gasteiger partial charge in [0.1, 0.15) is 5.75 Å². The fraction of sp³-hybridized carbons (Fsp3) is 0.304. The Bertz CT molecular complexity index is 964. The summed E-state index contributed by atoms with van der Waals surface area (Å²) >= 11 is 0. The Morgan fingerprint density at radius 2 is 2.06 bits per heavy atom. The molecule has 2 aromatic carbocycles. The fourth-order valence-corrected chi connectivity index (χ4v) is 3.21. The number of imidazole rings is 1. The number of nitrogens with one attached hydrogen (secondary N) is 1. The zero-order valence-corrected chi connectivity index (χ0v) is 17.4. The van der Waals surface area contributed by atoms with Gasteiger partial charge in [0, 0.05) is 42.3 Å². The highest BCUT2D eigenvalue weighted by atomic mass is 19.3. The number of anilines is 1. The van der Waals surface area contributed by atoms with Crippen LogP contribution in [0, 0.1) is 0 Å². The van der Waals surface area contributed by atoms with E-state index in [9.17, 15) is 13.6 Å². The molecule has 1 N–H and O–H groups in total. The number of para-hydroxylation sites is 1. The minimum Gasteiger partial charge on any atom is -0.494 e. The van der Waals surface area contributed by atoms with Crippen LogP contribution in [0.3, 0.4) is 0 Å². The Morgan fingerprint density at radius 1 is 1.23 bits per heavy atom. The smallest absolute Gasteiger partial charge is 0.322 e. The molecular formula is C23H26F2N4O2. The lowest BCUT2D eigenvalue weighted by molar-refractivity contribution is 0.151. The van der Waals surface area contributed by atoms with Crippen LogP contribution in [-0.4, -0.2) is 33.6 Å². The predicted molar refractivity (Wildman–Crippen MR) is 115 cm³/mol. The van der Waals surface area contributed by atoms with Gasteiger partial charge in [-0.1, -0.05) is 30.3 Å². The number of amides is 2. The van der Waals surface area contributed by atoms with Crippen LogP contribution in [0.1, 0.15) is 30.9 Å². The molecule has 0 saturated heterocycles. The fourth-order valence-electron chi connectivity index (χ4n) is 3.21. The van der Waals surface area contributed by atoms with Crippen LogP contribution in [0.25, 0.3) is 0 Å². The Labute approximate surface area is 180 Å². The molecule has 0 bridgehead atoms. The zero-order valence-electron chi connectivity index (χ0n) is 17.4. The van der Waals surface area contributed by atoms with Crippen molar-refractivity contribution in [3.8, 4) is 5.75 Å². The van der Waals surface area contributed by atoms with Gasteiger partial charge >= 0.3 is 6.03 Å². The second-order valence-corrected chi connectivity index (χ2v) is 6.97. The normalized spacial score (nSPS) is 10.8. The number of aryl methyl sites for hydroxylation is 1. The third kappa shape index (κ3) is 6.53. The Kier molecular flexibility index (Phi) is 7.98. The molecule has 0 aliphatic rings. The number of rotatable bonds is 10. The number of carbonyl (C=O) groups is 1. The zero-order chi connectivity index (χ0) is 22.1. The molecule has 0 saturated carbocycles. The summed E-state index contributed by atoms with van der Waals surface area (Å²) in [5, 5.41) is 2.75. The number of hydrogen-bond donors (Lipinski definition) is 1. The number of urea groups is 1. The van der Waals surface area contributed by atoms with E-state index in [1.807, 2.05) is 42.0 Å². The third-order valence-electron chi connectivity index (χ3n) is 4.71. The summed E-state index contributed by atoms with van der Waals surface area (Å²) < 4.78 is 33.6. The molecule has 0 spiro atoms. The second kappa shape index (κ2) is 11.1. The van der Waals surface area contributed by atoms with E-state index >= 15 is 0 Å². The van der Waals surface area contributed by atoms with Gasteiger partial charge in [-0.15, -0.1) is 0 Å². The predicted octanol–water partition coefficient (Wildman–Crippen LogP) is 5.34. The number of ether oxygens (including phenoxy) is 1. The molecule has 0 radical (unpaired) electrons. The maximum Gasteiger partial charge on any atom is 0.322 e. The van der Waals surface area contributed by atoms with Crippen molar-refractivity contribution in [3.05, 3.63) is 78.4 Å². The first-order chi connectivity index (χ1) is 15.1. The van der Waals surface area contributed by atoms with Gasteiger partial charge in [-0.3, -0.25) is 0 Å². The van der Waals surface area contributed by atoms with Gasteiger partial charge in [-0.05, 0) is 31.5 Å². The second-order valence-electron chi connectivity index (χ2n) is 6.97. The van der Waals surface area contributed by atoms with Crippen LogP contribution >= 0.6 is 0 Å². The van der Waals surface area contributed by atoms with Crippen molar-refractivity contribution in [1.29, 1.82) is 0 Å². The summed E-state index contributed by atoms with van der Waals surface area (Å²) in [6.45, 7) is 3.93. The molecule has 2 amide bonds. The maximum atomic E-state index is 13.0. The third-order valence-corrected chi connectivity index (χ3v) is 4.71. The first kappa shape index (κ1) is 22.3. The van der Waals surface area contributed by atoms with E-state index in [4.69, 9.17) is 4.74 Å². The lowest BCUT2D eigenvalue weighted by Gasteiger charge is -2.24. The van der Waals surface area contributed by atoms with Crippen LogP contribution in [-0.2, 0) is 13.1 Å². The van der Waals surface area contributed by atoms with Crippen molar-refractivity contribution in [3.63, 3.8) is 0 Å². The molecule has 0 fully saturated rings. The van der Waals surface area contributed by atoms with Crippen molar-refractivity contribution in [2.24, 2.45) is 0 Å². The highest BCUT2D eigenvalue weighted by molar-refractivity contribution is 5.89. The minimum atomic E-state index is -2.60. The van der Waals surface area contributed by atoms with Gasteiger partial charge in [0.2, 0.25) is 0 Å². The van der Waals surface area contributed by atoms with Crippen molar-refractivity contribution in [1.82, 2.24) is 14.5 Å². The highest BCUT2D eigenvalue weighted by Gasteiger charge is 2.17. The topological polar surface area (TPSA) is 59.4 Å². The summed E-state index contributed by atoms with van der Waals surface area (Å²) in [6.07, 6.45) is 3.41. The Hall–Kier alpha value is -3.42. The molecule has 0 atom stereocenters. The SMILES string of the molecule is CCOc1ccccc1CN(CCCn1ccnc1)C(=O)Nc1cccc(C(F)F)c1. The molecular weight excluding hydrogens is 402 g/mol. The van der Waals surface area contributed by atoms with Crippen molar-refractivity contribution >= 4 is 11.7 Å². The number of aromatic nitrogens is 2. The summed E-state index contributed by atoms with van der Waals surface area (Å²) in [7, 11) is 0.